The lowest BCUT2D eigenvalue weighted by Gasteiger charge is -2.27. The summed E-state index contributed by atoms with van der Waals surface area (Å²) in [5.74, 6) is 0.889. The van der Waals surface area contributed by atoms with Gasteiger partial charge in [0.15, 0.2) is 5.96 Å². The van der Waals surface area contributed by atoms with Gasteiger partial charge in [-0.1, -0.05) is 18.5 Å². The second-order valence-corrected chi connectivity index (χ2v) is 6.57. The highest BCUT2D eigenvalue weighted by Gasteiger charge is 2.30. The maximum absolute atomic E-state index is 6.03. The number of hydrogen-bond acceptors (Lipinski definition) is 2. The monoisotopic (exact) mass is 440 g/mol. The molecule has 1 aromatic heterocycles. The summed E-state index contributed by atoms with van der Waals surface area (Å²) in [6, 6.07) is 1.98. The first kappa shape index (κ1) is 19.6. The van der Waals surface area contributed by atoms with E-state index in [0.717, 1.165) is 49.4 Å². The van der Waals surface area contributed by atoms with Crippen molar-refractivity contribution in [3.63, 3.8) is 0 Å². The second-order valence-electron chi connectivity index (χ2n) is 6.13. The van der Waals surface area contributed by atoms with Gasteiger partial charge in [-0.3, -0.25) is 4.99 Å². The molecule has 1 unspecified atom stereocenters. The van der Waals surface area contributed by atoms with Gasteiger partial charge in [-0.25, -0.2) is 0 Å². The molecule has 0 bridgehead atoms. The van der Waals surface area contributed by atoms with Gasteiger partial charge in [0.05, 0.1) is 18.2 Å². The number of aryl methyl sites for hydroxylation is 1. The molecule has 1 atom stereocenters. The molecule has 5 nitrogen and oxygen atoms in total. The number of nitrogens with zero attached hydrogens (tertiary/aromatic N) is 3. The van der Waals surface area contributed by atoms with E-state index >= 15 is 0 Å². The van der Waals surface area contributed by atoms with Gasteiger partial charge in [-0.15, -0.1) is 24.0 Å². The fourth-order valence-electron chi connectivity index (χ4n) is 2.57. The zero-order valence-electron chi connectivity index (χ0n) is 13.7. The molecule has 0 radical (unpaired) electrons. The van der Waals surface area contributed by atoms with E-state index in [1.54, 1.807) is 0 Å². The smallest absolute Gasteiger partial charge is 0.193 e. The van der Waals surface area contributed by atoms with Gasteiger partial charge < -0.3 is 19.5 Å². The lowest BCUT2D eigenvalue weighted by molar-refractivity contribution is 0.160. The molecule has 126 valence electrons. The number of rotatable bonds is 4. The number of nitrogens with one attached hydrogen (secondary N) is 1. The molecule has 0 amide bonds. The Morgan fingerprint density at radius 3 is 2.82 bits per heavy atom. The first-order chi connectivity index (χ1) is 9.93. The van der Waals surface area contributed by atoms with Crippen molar-refractivity contribution >= 4 is 41.5 Å². The minimum atomic E-state index is 0. The Hall–Kier alpha value is -0.470. The van der Waals surface area contributed by atoms with Crippen LogP contribution in [0.2, 0.25) is 5.02 Å². The predicted molar refractivity (Wildman–Crippen MR) is 102 cm³/mol. The minimum Gasteiger partial charge on any atom is -0.381 e. The van der Waals surface area contributed by atoms with Crippen LogP contribution in [-0.4, -0.2) is 49.3 Å². The van der Waals surface area contributed by atoms with E-state index < -0.39 is 0 Å². The van der Waals surface area contributed by atoms with Crippen molar-refractivity contribution in [2.24, 2.45) is 17.5 Å². The topological polar surface area (TPSA) is 41.8 Å². The van der Waals surface area contributed by atoms with Crippen LogP contribution in [0.4, 0.5) is 0 Å². The van der Waals surface area contributed by atoms with Gasteiger partial charge in [0.25, 0.3) is 0 Å². The van der Waals surface area contributed by atoms with E-state index in [4.69, 9.17) is 16.3 Å². The third-order valence-electron chi connectivity index (χ3n) is 4.02. The molecule has 1 N–H and O–H groups in total. The molecule has 22 heavy (non-hydrogen) atoms. The molecule has 7 heteroatoms. The normalized spacial score (nSPS) is 21.6. The largest absolute Gasteiger partial charge is 0.381 e. The van der Waals surface area contributed by atoms with Crippen molar-refractivity contribution in [1.82, 2.24) is 14.8 Å². The zero-order chi connectivity index (χ0) is 15.5. The van der Waals surface area contributed by atoms with Crippen molar-refractivity contribution in [3.05, 3.63) is 23.0 Å². The summed E-state index contributed by atoms with van der Waals surface area (Å²) < 4.78 is 7.53. The van der Waals surface area contributed by atoms with Crippen molar-refractivity contribution in [1.29, 1.82) is 0 Å². The van der Waals surface area contributed by atoms with E-state index in [-0.39, 0.29) is 29.4 Å². The Labute approximate surface area is 155 Å². The van der Waals surface area contributed by atoms with Gasteiger partial charge >= 0.3 is 0 Å². The number of aromatic nitrogens is 1. The number of halogens is 2. The number of guanidine groups is 1. The molecule has 1 aromatic rings. The molecular weight excluding hydrogens is 415 g/mol. The molecule has 1 fully saturated rings. The van der Waals surface area contributed by atoms with Crippen LogP contribution < -0.4 is 5.32 Å². The third kappa shape index (κ3) is 5.03. The van der Waals surface area contributed by atoms with Crippen molar-refractivity contribution in [2.75, 3.05) is 33.9 Å². The van der Waals surface area contributed by atoms with Crippen molar-refractivity contribution in [2.45, 2.75) is 19.9 Å². The molecule has 1 saturated heterocycles. The molecule has 2 heterocycles. The Morgan fingerprint density at radius 2 is 2.32 bits per heavy atom. The quantitative estimate of drug-likeness (QED) is 0.445. The lowest BCUT2D eigenvalue weighted by Crippen LogP contribution is -2.43. The maximum Gasteiger partial charge on any atom is 0.193 e. The van der Waals surface area contributed by atoms with Crippen LogP contribution in [-0.2, 0) is 18.3 Å². The first-order valence-electron chi connectivity index (χ1n) is 7.24. The van der Waals surface area contributed by atoms with Crippen LogP contribution in [0.3, 0.4) is 0 Å². The van der Waals surface area contributed by atoms with E-state index in [0.29, 0.717) is 0 Å². The average molecular weight is 441 g/mol. The highest BCUT2D eigenvalue weighted by Crippen LogP contribution is 2.26. The third-order valence-corrected chi connectivity index (χ3v) is 4.23. The van der Waals surface area contributed by atoms with Crippen molar-refractivity contribution < 1.29 is 4.74 Å². The summed E-state index contributed by atoms with van der Waals surface area (Å²) in [5, 5.41) is 4.22. The average Bonchev–Trinajstić information content (AvgIpc) is 2.97. The minimum absolute atomic E-state index is 0. The highest BCUT2D eigenvalue weighted by molar-refractivity contribution is 14.0. The Kier molecular flexibility index (Phi) is 7.48. The van der Waals surface area contributed by atoms with E-state index in [1.165, 1.54) is 0 Å². The second kappa shape index (κ2) is 8.40. The molecule has 0 aliphatic carbocycles. The van der Waals surface area contributed by atoms with E-state index in [9.17, 15) is 0 Å². The molecule has 0 spiro atoms. The van der Waals surface area contributed by atoms with Gasteiger partial charge in [0, 0.05) is 51.6 Å². The Morgan fingerprint density at radius 1 is 1.59 bits per heavy atom. The van der Waals surface area contributed by atoms with E-state index in [1.807, 2.05) is 38.0 Å². The highest BCUT2D eigenvalue weighted by atomic mass is 127. The summed E-state index contributed by atoms with van der Waals surface area (Å²) in [6.45, 7) is 5.55. The van der Waals surface area contributed by atoms with Crippen LogP contribution in [0.15, 0.2) is 17.3 Å². The fourth-order valence-corrected chi connectivity index (χ4v) is 2.84. The summed E-state index contributed by atoms with van der Waals surface area (Å²) >= 11 is 6.03. The van der Waals surface area contributed by atoms with Gasteiger partial charge in [0.2, 0.25) is 0 Å². The Bertz CT molecular complexity index is 512. The van der Waals surface area contributed by atoms with Gasteiger partial charge in [-0.05, 0) is 12.5 Å². The van der Waals surface area contributed by atoms with Crippen LogP contribution in [0.1, 0.15) is 19.0 Å². The number of aliphatic imine (C=N–C) groups is 1. The fraction of sp³-hybridized carbons (Fsp3) is 0.667. The lowest BCUT2D eigenvalue weighted by atomic mass is 9.90. The molecule has 1 aliphatic rings. The predicted octanol–water partition coefficient (Wildman–Crippen LogP) is 2.73. The van der Waals surface area contributed by atoms with E-state index in [2.05, 4.69) is 22.1 Å². The molecular formula is C15H26ClIN4O. The van der Waals surface area contributed by atoms with Crippen LogP contribution in [0.25, 0.3) is 0 Å². The molecule has 0 saturated carbocycles. The summed E-state index contributed by atoms with van der Waals surface area (Å²) in [5.41, 5.74) is 1.35. The molecule has 1 aliphatic heterocycles. The summed E-state index contributed by atoms with van der Waals surface area (Å²) in [7, 11) is 5.84. The number of ether oxygens (including phenoxy) is 1. The van der Waals surface area contributed by atoms with Crippen LogP contribution in [0.5, 0.6) is 0 Å². The summed E-state index contributed by atoms with van der Waals surface area (Å²) in [6.07, 6.45) is 3.01. The molecule has 2 rings (SSSR count). The zero-order valence-corrected chi connectivity index (χ0v) is 16.8. The maximum atomic E-state index is 6.03. The van der Waals surface area contributed by atoms with Gasteiger partial charge in [0.1, 0.15) is 0 Å². The van der Waals surface area contributed by atoms with Crippen LogP contribution in [0, 0.1) is 5.41 Å². The first-order valence-corrected chi connectivity index (χ1v) is 7.61. The standard InChI is InChI=1S/C15H25ClN4O.HI/c1-15(5-6-21-11-15)10-18-14(17-2)20(4)9-13-7-12(16)8-19(13)3;/h7-8H,5-6,9-11H2,1-4H3,(H,17,18);1H. The Balaban J connectivity index is 0.00000242. The SMILES string of the molecule is CN=C(NCC1(C)CCOC1)N(C)Cc1cc(Cl)cn1C.I. The summed E-state index contributed by atoms with van der Waals surface area (Å²) in [4.78, 5) is 6.46. The molecule has 0 aromatic carbocycles. The van der Waals surface area contributed by atoms with Gasteiger partial charge in [-0.2, -0.15) is 0 Å². The van der Waals surface area contributed by atoms with Crippen LogP contribution >= 0.6 is 35.6 Å². The van der Waals surface area contributed by atoms with Crippen molar-refractivity contribution in [3.8, 4) is 0 Å². The number of hydrogen-bond donors (Lipinski definition) is 1.